The summed E-state index contributed by atoms with van der Waals surface area (Å²) < 4.78 is 0. The van der Waals surface area contributed by atoms with Crippen LogP contribution in [0.3, 0.4) is 0 Å². The Morgan fingerprint density at radius 3 is 1.60 bits per heavy atom. The van der Waals surface area contributed by atoms with Crippen molar-refractivity contribution in [3.63, 3.8) is 0 Å². The molecule has 0 saturated heterocycles. The van der Waals surface area contributed by atoms with Crippen LogP contribution in [0.25, 0.3) is 0 Å². The van der Waals surface area contributed by atoms with Crippen molar-refractivity contribution in [2.24, 2.45) is 0 Å². The van der Waals surface area contributed by atoms with Gasteiger partial charge in [0.1, 0.15) is 0 Å². The molecule has 0 aromatic rings. The van der Waals surface area contributed by atoms with Crippen molar-refractivity contribution in [1.82, 2.24) is 0 Å². The third kappa shape index (κ3) is 12.4. The molecule has 0 N–H and O–H groups in total. The third-order valence-electron chi connectivity index (χ3n) is 1.61. The summed E-state index contributed by atoms with van der Waals surface area (Å²) in [6.45, 7) is 4.03. The fraction of sp³-hybridized carbons (Fsp3) is 0.200. The monoisotopic (exact) mass is 200 g/mol. The molecule has 0 unspecified atom stereocenters. The molecular weight excluding hydrogens is 180 g/mol. The molecule has 0 radical (unpaired) electrons. The van der Waals surface area contributed by atoms with Crippen molar-refractivity contribution < 1.29 is 0 Å². The van der Waals surface area contributed by atoms with Crippen molar-refractivity contribution in [2.45, 2.75) is 20.3 Å². The molecule has 0 heteroatoms. The Kier molecular flexibility index (Phi) is 11.1. The zero-order chi connectivity index (χ0) is 11.2. The molecule has 15 heavy (non-hydrogen) atoms. The van der Waals surface area contributed by atoms with E-state index in [2.05, 4.69) is 24.3 Å². The van der Waals surface area contributed by atoms with E-state index in [-0.39, 0.29) is 0 Å². The van der Waals surface area contributed by atoms with Crippen molar-refractivity contribution in [3.05, 3.63) is 72.9 Å². The minimum Gasteiger partial charge on any atom is -0.0914 e. The number of hydrogen-bond donors (Lipinski definition) is 0. The van der Waals surface area contributed by atoms with Crippen LogP contribution in [-0.4, -0.2) is 0 Å². The van der Waals surface area contributed by atoms with Gasteiger partial charge in [-0.3, -0.25) is 0 Å². The molecular formula is C15H20. The fourth-order valence-corrected chi connectivity index (χ4v) is 0.868. The maximum absolute atomic E-state index is 2.12. The molecule has 0 fully saturated rings. The Balaban J connectivity index is 3.65. The fourth-order valence-electron chi connectivity index (χ4n) is 0.868. The van der Waals surface area contributed by atoms with Gasteiger partial charge in [-0.1, -0.05) is 72.9 Å². The van der Waals surface area contributed by atoms with Crippen LogP contribution in [0, 0.1) is 0 Å². The van der Waals surface area contributed by atoms with E-state index in [1.165, 1.54) is 0 Å². The molecule has 0 bridgehead atoms. The van der Waals surface area contributed by atoms with Gasteiger partial charge >= 0.3 is 0 Å². The summed E-state index contributed by atoms with van der Waals surface area (Å²) in [4.78, 5) is 0. The Morgan fingerprint density at radius 2 is 1.07 bits per heavy atom. The average Bonchev–Trinajstić information content (AvgIpc) is 2.26. The van der Waals surface area contributed by atoms with E-state index in [4.69, 9.17) is 0 Å². The minimum atomic E-state index is 1.01. The van der Waals surface area contributed by atoms with Gasteiger partial charge in [-0.25, -0.2) is 0 Å². The smallest absolute Gasteiger partial charge is 0.0166 e. The van der Waals surface area contributed by atoms with Crippen LogP contribution in [0.1, 0.15) is 20.3 Å². The zero-order valence-corrected chi connectivity index (χ0v) is 9.64. The first-order valence-electron chi connectivity index (χ1n) is 5.30. The Morgan fingerprint density at radius 1 is 0.533 bits per heavy atom. The van der Waals surface area contributed by atoms with Crippen LogP contribution in [0.2, 0.25) is 0 Å². The predicted molar refractivity (Wildman–Crippen MR) is 70.8 cm³/mol. The molecule has 0 aliphatic rings. The lowest BCUT2D eigenvalue weighted by Gasteiger charge is -1.77. The second-order valence-corrected chi connectivity index (χ2v) is 2.91. The van der Waals surface area contributed by atoms with Gasteiger partial charge in [0.25, 0.3) is 0 Å². The lowest BCUT2D eigenvalue weighted by atomic mass is 10.3. The first kappa shape index (κ1) is 13.4. The van der Waals surface area contributed by atoms with Crippen molar-refractivity contribution in [1.29, 1.82) is 0 Å². The van der Waals surface area contributed by atoms with Gasteiger partial charge in [-0.05, 0) is 20.3 Å². The first-order chi connectivity index (χ1) is 7.41. The second kappa shape index (κ2) is 12.4. The minimum absolute atomic E-state index is 1.01. The lowest BCUT2D eigenvalue weighted by molar-refractivity contribution is 1.38. The largest absolute Gasteiger partial charge is 0.0914 e. The second-order valence-electron chi connectivity index (χ2n) is 2.91. The maximum atomic E-state index is 2.12. The van der Waals surface area contributed by atoms with Gasteiger partial charge in [-0.15, -0.1) is 0 Å². The van der Waals surface area contributed by atoms with E-state index in [9.17, 15) is 0 Å². The summed E-state index contributed by atoms with van der Waals surface area (Å²) in [5, 5.41) is 0. The van der Waals surface area contributed by atoms with Crippen LogP contribution >= 0.6 is 0 Å². The highest BCUT2D eigenvalue weighted by molar-refractivity contribution is 5.17. The highest BCUT2D eigenvalue weighted by Crippen LogP contribution is 1.87. The Labute approximate surface area is 93.7 Å². The summed E-state index contributed by atoms with van der Waals surface area (Å²) in [5.41, 5.74) is 0. The predicted octanol–water partition coefficient (Wildman–Crippen LogP) is 4.75. The van der Waals surface area contributed by atoms with Crippen LogP contribution in [0.4, 0.5) is 0 Å². The van der Waals surface area contributed by atoms with E-state index in [0.717, 1.165) is 6.42 Å². The Hall–Kier alpha value is -1.56. The third-order valence-corrected chi connectivity index (χ3v) is 1.61. The molecule has 0 aliphatic heterocycles. The SMILES string of the molecule is C/C=C/C=C/C=C/C=C/C=C/C/C=C/C. The van der Waals surface area contributed by atoms with Gasteiger partial charge in [0.05, 0.1) is 0 Å². The van der Waals surface area contributed by atoms with Gasteiger partial charge < -0.3 is 0 Å². The number of allylic oxidation sites excluding steroid dienone is 12. The standard InChI is InChI=1S/C15H20/c1-3-5-7-9-11-13-15-14-12-10-8-6-4-2/h3-7,9-15H,8H2,1-2H3/b5-3+,6-4+,9-7+,12-10+,13-11+,15-14+. The van der Waals surface area contributed by atoms with E-state index >= 15 is 0 Å². The van der Waals surface area contributed by atoms with Crippen LogP contribution in [-0.2, 0) is 0 Å². The summed E-state index contributed by atoms with van der Waals surface area (Å²) >= 11 is 0. The normalized spacial score (nSPS) is 14.0. The van der Waals surface area contributed by atoms with E-state index in [0.29, 0.717) is 0 Å². The van der Waals surface area contributed by atoms with Crippen molar-refractivity contribution in [3.8, 4) is 0 Å². The summed E-state index contributed by atoms with van der Waals surface area (Å²) in [5.74, 6) is 0. The zero-order valence-electron chi connectivity index (χ0n) is 9.64. The first-order valence-corrected chi connectivity index (χ1v) is 5.30. The van der Waals surface area contributed by atoms with E-state index in [1.807, 2.05) is 62.5 Å². The molecule has 0 amide bonds. The molecule has 0 aliphatic carbocycles. The molecule has 0 aromatic carbocycles. The molecule has 0 nitrogen and oxygen atoms in total. The van der Waals surface area contributed by atoms with Crippen molar-refractivity contribution >= 4 is 0 Å². The molecule has 0 rings (SSSR count). The molecule has 80 valence electrons. The molecule has 0 aromatic heterocycles. The van der Waals surface area contributed by atoms with Gasteiger partial charge in [0, 0.05) is 0 Å². The highest BCUT2D eigenvalue weighted by atomic mass is 13.7. The molecule has 0 saturated carbocycles. The van der Waals surface area contributed by atoms with E-state index in [1.54, 1.807) is 0 Å². The molecule has 0 atom stereocenters. The number of rotatable bonds is 6. The van der Waals surface area contributed by atoms with Gasteiger partial charge in [0.2, 0.25) is 0 Å². The number of hydrogen-bond acceptors (Lipinski definition) is 0. The lowest BCUT2D eigenvalue weighted by Crippen LogP contribution is -1.56. The summed E-state index contributed by atoms with van der Waals surface area (Å²) in [6, 6.07) is 0. The Bertz CT molecular complexity index is 283. The van der Waals surface area contributed by atoms with Crippen LogP contribution < -0.4 is 0 Å². The molecule has 0 spiro atoms. The molecule has 0 heterocycles. The van der Waals surface area contributed by atoms with E-state index < -0.39 is 0 Å². The average molecular weight is 200 g/mol. The topological polar surface area (TPSA) is 0 Å². The van der Waals surface area contributed by atoms with Gasteiger partial charge in [-0.2, -0.15) is 0 Å². The highest BCUT2D eigenvalue weighted by Gasteiger charge is 1.66. The summed E-state index contributed by atoms with van der Waals surface area (Å²) in [7, 11) is 0. The van der Waals surface area contributed by atoms with Gasteiger partial charge in [0.15, 0.2) is 0 Å². The maximum Gasteiger partial charge on any atom is -0.0166 e. The van der Waals surface area contributed by atoms with Crippen LogP contribution in [0.5, 0.6) is 0 Å². The van der Waals surface area contributed by atoms with Crippen LogP contribution in [0.15, 0.2) is 72.9 Å². The summed E-state index contributed by atoms with van der Waals surface area (Å²) in [6.07, 6.45) is 25.5. The van der Waals surface area contributed by atoms with Crippen molar-refractivity contribution in [2.75, 3.05) is 0 Å². The quantitative estimate of drug-likeness (QED) is 0.428.